The maximum Gasteiger partial charge on any atom is 0.201 e. The van der Waals surface area contributed by atoms with Gasteiger partial charge in [-0.15, -0.1) is 0 Å². The summed E-state index contributed by atoms with van der Waals surface area (Å²) in [5.41, 5.74) is 0. The van der Waals surface area contributed by atoms with Gasteiger partial charge in [0.05, 0.1) is 6.61 Å². The predicted octanol–water partition coefficient (Wildman–Crippen LogP) is 2.57. The fourth-order valence-corrected chi connectivity index (χ4v) is 1.65. The molecule has 0 saturated carbocycles. The van der Waals surface area contributed by atoms with Crippen LogP contribution >= 0.6 is 0 Å². The molecule has 0 aliphatic carbocycles. The standard InChI is InChI=1S/C12H13F2O2/c13-10-2-1-3-11(12(10)14)16-8-9-4-6-15-7-5-9/h1-2,9H,4-8H2. The Bertz CT molecular complexity index is 349. The second kappa shape index (κ2) is 5.25. The van der Waals surface area contributed by atoms with Gasteiger partial charge in [0.2, 0.25) is 5.82 Å². The average Bonchev–Trinajstić information content (AvgIpc) is 2.32. The summed E-state index contributed by atoms with van der Waals surface area (Å²) in [5, 5.41) is 0. The molecule has 0 amide bonds. The van der Waals surface area contributed by atoms with E-state index in [1.165, 1.54) is 6.07 Å². The van der Waals surface area contributed by atoms with Crippen LogP contribution in [0.3, 0.4) is 0 Å². The molecule has 1 aliphatic heterocycles. The smallest absolute Gasteiger partial charge is 0.201 e. The number of benzene rings is 1. The van der Waals surface area contributed by atoms with Crippen molar-refractivity contribution in [3.8, 4) is 5.75 Å². The minimum absolute atomic E-state index is 0.133. The molecule has 0 aromatic heterocycles. The quantitative estimate of drug-likeness (QED) is 0.790. The number of hydrogen-bond donors (Lipinski definition) is 0. The predicted molar refractivity (Wildman–Crippen MR) is 54.2 cm³/mol. The van der Waals surface area contributed by atoms with Crippen molar-refractivity contribution in [3.05, 3.63) is 29.8 Å². The number of hydrogen-bond acceptors (Lipinski definition) is 2. The highest BCUT2D eigenvalue weighted by atomic mass is 19.2. The highest BCUT2D eigenvalue weighted by Crippen LogP contribution is 2.21. The minimum Gasteiger partial charge on any atom is -0.489 e. The van der Waals surface area contributed by atoms with Gasteiger partial charge in [0.1, 0.15) is 0 Å². The Morgan fingerprint density at radius 2 is 2.12 bits per heavy atom. The van der Waals surface area contributed by atoms with Crippen LogP contribution in [0.15, 0.2) is 12.1 Å². The van der Waals surface area contributed by atoms with E-state index in [4.69, 9.17) is 9.47 Å². The summed E-state index contributed by atoms with van der Waals surface area (Å²) in [6.45, 7) is 1.81. The summed E-state index contributed by atoms with van der Waals surface area (Å²) in [6, 6.07) is 4.89. The Hall–Kier alpha value is -1.16. The van der Waals surface area contributed by atoms with Crippen molar-refractivity contribution >= 4 is 0 Å². The topological polar surface area (TPSA) is 18.5 Å². The third-order valence-corrected chi connectivity index (χ3v) is 2.66. The van der Waals surface area contributed by atoms with E-state index in [1.807, 2.05) is 0 Å². The number of halogens is 2. The molecule has 2 nitrogen and oxygen atoms in total. The molecule has 16 heavy (non-hydrogen) atoms. The molecule has 0 spiro atoms. The fourth-order valence-electron chi connectivity index (χ4n) is 1.65. The van der Waals surface area contributed by atoms with E-state index in [0.717, 1.165) is 18.9 Å². The molecule has 87 valence electrons. The van der Waals surface area contributed by atoms with E-state index >= 15 is 0 Å². The fraction of sp³-hybridized carbons (Fsp3) is 0.500. The van der Waals surface area contributed by atoms with E-state index in [1.54, 1.807) is 0 Å². The van der Waals surface area contributed by atoms with Gasteiger partial charge in [-0.25, -0.2) is 4.39 Å². The van der Waals surface area contributed by atoms with Crippen LogP contribution in [0.2, 0.25) is 0 Å². The molecule has 0 unspecified atom stereocenters. The lowest BCUT2D eigenvalue weighted by Crippen LogP contribution is -2.21. The molecule has 1 saturated heterocycles. The monoisotopic (exact) mass is 227 g/mol. The molecule has 2 rings (SSSR count). The molecule has 0 N–H and O–H groups in total. The zero-order chi connectivity index (χ0) is 11.4. The van der Waals surface area contributed by atoms with Crippen LogP contribution in [0.5, 0.6) is 5.75 Å². The van der Waals surface area contributed by atoms with Gasteiger partial charge in [0.25, 0.3) is 0 Å². The number of ether oxygens (including phenoxy) is 2. The Morgan fingerprint density at radius 3 is 2.88 bits per heavy atom. The molecule has 1 aliphatic rings. The van der Waals surface area contributed by atoms with E-state index < -0.39 is 11.6 Å². The zero-order valence-electron chi connectivity index (χ0n) is 8.84. The van der Waals surface area contributed by atoms with E-state index in [2.05, 4.69) is 6.07 Å². The van der Waals surface area contributed by atoms with Gasteiger partial charge >= 0.3 is 0 Å². The highest BCUT2D eigenvalue weighted by Gasteiger charge is 2.16. The maximum absolute atomic E-state index is 13.2. The van der Waals surface area contributed by atoms with E-state index in [0.29, 0.717) is 25.7 Å². The first kappa shape index (κ1) is 11.3. The molecule has 1 fully saturated rings. The van der Waals surface area contributed by atoms with Gasteiger partial charge in [-0.05, 0) is 30.9 Å². The summed E-state index contributed by atoms with van der Waals surface area (Å²) in [6.07, 6.45) is 1.80. The van der Waals surface area contributed by atoms with Crippen LogP contribution < -0.4 is 4.74 Å². The highest BCUT2D eigenvalue weighted by molar-refractivity contribution is 5.23. The van der Waals surface area contributed by atoms with Gasteiger partial charge < -0.3 is 9.47 Å². The van der Waals surface area contributed by atoms with Gasteiger partial charge in [0, 0.05) is 19.3 Å². The molecule has 1 heterocycles. The molecule has 4 heteroatoms. The molecule has 0 bridgehead atoms. The lowest BCUT2D eigenvalue weighted by Gasteiger charge is -2.22. The van der Waals surface area contributed by atoms with Crippen molar-refractivity contribution in [1.29, 1.82) is 0 Å². The van der Waals surface area contributed by atoms with Gasteiger partial charge in [0.15, 0.2) is 11.6 Å². The second-order valence-corrected chi connectivity index (χ2v) is 3.84. The normalized spacial score (nSPS) is 17.4. The SMILES string of the molecule is Fc1cc[c]c(OCC2CCOCC2)c1F. The first-order valence-electron chi connectivity index (χ1n) is 5.33. The molecule has 1 aromatic rings. The van der Waals surface area contributed by atoms with Gasteiger partial charge in [-0.1, -0.05) is 0 Å². The zero-order valence-corrected chi connectivity index (χ0v) is 8.84. The first-order chi connectivity index (χ1) is 7.77. The van der Waals surface area contributed by atoms with Crippen molar-refractivity contribution in [2.24, 2.45) is 5.92 Å². The van der Waals surface area contributed by atoms with Crippen LogP contribution in [-0.4, -0.2) is 19.8 Å². The summed E-state index contributed by atoms with van der Waals surface area (Å²) < 4.78 is 36.5. The third kappa shape index (κ3) is 2.70. The molecule has 1 radical (unpaired) electrons. The maximum atomic E-state index is 13.2. The molecule has 0 atom stereocenters. The van der Waals surface area contributed by atoms with Crippen LogP contribution in [0.4, 0.5) is 8.78 Å². The summed E-state index contributed by atoms with van der Waals surface area (Å²) in [5.74, 6) is -1.65. The Balaban J connectivity index is 1.91. The summed E-state index contributed by atoms with van der Waals surface area (Å²) in [4.78, 5) is 0. The summed E-state index contributed by atoms with van der Waals surface area (Å²) in [7, 11) is 0. The van der Waals surface area contributed by atoms with Crippen molar-refractivity contribution < 1.29 is 18.3 Å². The lowest BCUT2D eigenvalue weighted by atomic mass is 10.0. The summed E-state index contributed by atoms with van der Waals surface area (Å²) >= 11 is 0. The Labute approximate surface area is 93.2 Å². The van der Waals surface area contributed by atoms with Gasteiger partial charge in [-0.2, -0.15) is 4.39 Å². The van der Waals surface area contributed by atoms with E-state index in [9.17, 15) is 8.78 Å². The third-order valence-electron chi connectivity index (χ3n) is 2.66. The van der Waals surface area contributed by atoms with Crippen molar-refractivity contribution in [2.75, 3.05) is 19.8 Å². The van der Waals surface area contributed by atoms with Crippen LogP contribution in [0, 0.1) is 23.6 Å². The largest absolute Gasteiger partial charge is 0.489 e. The lowest BCUT2D eigenvalue weighted by molar-refractivity contribution is 0.0490. The molecule has 1 aromatic carbocycles. The van der Waals surface area contributed by atoms with Crippen LogP contribution in [0.1, 0.15) is 12.8 Å². The number of rotatable bonds is 3. The average molecular weight is 227 g/mol. The second-order valence-electron chi connectivity index (χ2n) is 3.84. The molecular weight excluding hydrogens is 214 g/mol. The Morgan fingerprint density at radius 1 is 1.38 bits per heavy atom. The van der Waals surface area contributed by atoms with Gasteiger partial charge in [-0.3, -0.25) is 0 Å². The van der Waals surface area contributed by atoms with Crippen molar-refractivity contribution in [2.45, 2.75) is 12.8 Å². The Kier molecular flexibility index (Phi) is 3.72. The first-order valence-corrected chi connectivity index (χ1v) is 5.33. The van der Waals surface area contributed by atoms with Crippen molar-refractivity contribution in [1.82, 2.24) is 0 Å². The van der Waals surface area contributed by atoms with Crippen LogP contribution in [-0.2, 0) is 4.74 Å². The van der Waals surface area contributed by atoms with Crippen molar-refractivity contribution in [3.63, 3.8) is 0 Å². The van der Waals surface area contributed by atoms with E-state index in [-0.39, 0.29) is 5.75 Å². The van der Waals surface area contributed by atoms with Crippen LogP contribution in [0.25, 0.3) is 0 Å². The molecular formula is C12H13F2O2. The minimum atomic E-state index is -0.963.